The fourth-order valence-corrected chi connectivity index (χ4v) is 5.09. The molecule has 0 bridgehead atoms. The maximum absolute atomic E-state index is 13.2. The molecule has 1 aliphatic heterocycles. The summed E-state index contributed by atoms with van der Waals surface area (Å²) in [5.74, 6) is -0.351. The number of carbonyl (C=O) groups is 2. The van der Waals surface area contributed by atoms with Gasteiger partial charge in [-0.1, -0.05) is 42.5 Å². The van der Waals surface area contributed by atoms with Crippen molar-refractivity contribution in [1.82, 2.24) is 15.1 Å². The number of nitrogens with zero attached hydrogens (tertiary/aromatic N) is 3. The number of aromatic nitrogens is 2. The number of hydrogen-bond acceptors (Lipinski definition) is 3. The van der Waals surface area contributed by atoms with Crippen molar-refractivity contribution in [2.24, 2.45) is 5.92 Å². The maximum Gasteiger partial charge on any atom is 0.227 e. The van der Waals surface area contributed by atoms with Crippen molar-refractivity contribution in [3.05, 3.63) is 82.7 Å². The number of hydrogen-bond donors (Lipinski definition) is 1. The van der Waals surface area contributed by atoms with Crippen LogP contribution in [0.25, 0.3) is 0 Å². The number of nitrogens with one attached hydrogen (secondary N) is 1. The van der Waals surface area contributed by atoms with Crippen molar-refractivity contribution in [2.45, 2.75) is 52.1 Å². The molecule has 170 valence electrons. The van der Waals surface area contributed by atoms with Crippen LogP contribution in [0.5, 0.6) is 0 Å². The molecule has 2 amide bonds. The molecule has 6 heteroatoms. The zero-order chi connectivity index (χ0) is 22.9. The first-order valence-corrected chi connectivity index (χ1v) is 11.8. The Hall–Kier alpha value is -3.41. The number of benzene rings is 2. The molecule has 1 aromatic heterocycles. The van der Waals surface area contributed by atoms with Crippen LogP contribution in [0.4, 0.5) is 5.69 Å². The lowest BCUT2D eigenvalue weighted by atomic mass is 9.92. The molecule has 0 saturated carbocycles. The van der Waals surface area contributed by atoms with Gasteiger partial charge in [-0.25, -0.2) is 0 Å². The number of rotatable bonds is 5. The Morgan fingerprint density at radius 1 is 1.12 bits per heavy atom. The first-order chi connectivity index (χ1) is 16.0. The number of amides is 2. The highest BCUT2D eigenvalue weighted by Crippen LogP contribution is 2.32. The van der Waals surface area contributed by atoms with E-state index in [1.54, 1.807) is 4.90 Å². The van der Waals surface area contributed by atoms with Gasteiger partial charge in [0.2, 0.25) is 11.8 Å². The third kappa shape index (κ3) is 4.17. The maximum atomic E-state index is 13.2. The molecule has 3 aromatic rings. The molecule has 2 unspecified atom stereocenters. The van der Waals surface area contributed by atoms with Gasteiger partial charge in [0.15, 0.2) is 0 Å². The molecule has 2 heterocycles. The van der Waals surface area contributed by atoms with Crippen LogP contribution in [0, 0.1) is 19.8 Å². The fourth-order valence-electron chi connectivity index (χ4n) is 5.09. The number of fused-ring (bicyclic) bond motifs is 1. The molecule has 2 aliphatic rings. The van der Waals surface area contributed by atoms with Crippen molar-refractivity contribution in [1.29, 1.82) is 0 Å². The van der Waals surface area contributed by atoms with Gasteiger partial charge in [-0.15, -0.1) is 0 Å². The van der Waals surface area contributed by atoms with Gasteiger partial charge in [0.1, 0.15) is 0 Å². The van der Waals surface area contributed by atoms with Gasteiger partial charge in [0, 0.05) is 29.9 Å². The Morgan fingerprint density at radius 3 is 2.76 bits per heavy atom. The minimum atomic E-state index is -0.331. The van der Waals surface area contributed by atoms with Gasteiger partial charge < -0.3 is 10.2 Å². The van der Waals surface area contributed by atoms with Crippen LogP contribution in [0.15, 0.2) is 54.7 Å². The van der Waals surface area contributed by atoms with Crippen LogP contribution in [0.2, 0.25) is 0 Å². The van der Waals surface area contributed by atoms with E-state index >= 15 is 0 Å². The van der Waals surface area contributed by atoms with E-state index < -0.39 is 0 Å². The number of anilines is 1. The normalized spacial score (nSPS) is 20.1. The molecule has 1 N–H and O–H groups in total. The standard InChI is InChI=1S/C27H30N4O2/c1-18-8-6-12-24(19(18)2)30-17-21(14-26(30)32)27(33)29-23-11-7-13-25-22(23)15-28-31(25)16-20-9-4-3-5-10-20/h3-6,8-10,12,15,21,23H,7,11,13-14,16-17H2,1-2H3,(H,29,33). The molecule has 0 radical (unpaired) electrons. The molecule has 33 heavy (non-hydrogen) atoms. The lowest BCUT2D eigenvalue weighted by Gasteiger charge is -2.26. The zero-order valence-electron chi connectivity index (χ0n) is 19.3. The second-order valence-electron chi connectivity index (χ2n) is 9.27. The van der Waals surface area contributed by atoms with Gasteiger partial charge in [-0.05, 0) is 55.9 Å². The smallest absolute Gasteiger partial charge is 0.227 e. The summed E-state index contributed by atoms with van der Waals surface area (Å²) in [4.78, 5) is 27.7. The molecular weight excluding hydrogens is 412 g/mol. The van der Waals surface area contributed by atoms with Crippen LogP contribution in [-0.2, 0) is 22.6 Å². The Bertz CT molecular complexity index is 1180. The number of carbonyl (C=O) groups excluding carboxylic acids is 2. The highest BCUT2D eigenvalue weighted by Gasteiger charge is 2.37. The Balaban J connectivity index is 1.29. The molecule has 1 aliphatic carbocycles. The van der Waals surface area contributed by atoms with Crippen molar-refractivity contribution in [2.75, 3.05) is 11.4 Å². The summed E-state index contributed by atoms with van der Waals surface area (Å²) < 4.78 is 2.06. The second-order valence-corrected chi connectivity index (χ2v) is 9.27. The molecule has 1 fully saturated rings. The van der Waals surface area contributed by atoms with Crippen LogP contribution in [0.1, 0.15) is 53.3 Å². The molecule has 1 saturated heterocycles. The molecule has 5 rings (SSSR count). The summed E-state index contributed by atoms with van der Waals surface area (Å²) in [6.45, 7) is 5.24. The van der Waals surface area contributed by atoms with Crippen LogP contribution < -0.4 is 10.2 Å². The summed E-state index contributed by atoms with van der Waals surface area (Å²) in [6.07, 6.45) is 5.04. The van der Waals surface area contributed by atoms with E-state index in [1.807, 2.05) is 56.4 Å². The van der Waals surface area contributed by atoms with Gasteiger partial charge in [-0.2, -0.15) is 5.10 Å². The Kier molecular flexibility index (Phi) is 5.75. The topological polar surface area (TPSA) is 67.2 Å². The fraction of sp³-hybridized carbons (Fsp3) is 0.370. The highest BCUT2D eigenvalue weighted by atomic mass is 16.2. The van der Waals surface area contributed by atoms with Crippen molar-refractivity contribution in [3.8, 4) is 0 Å². The van der Waals surface area contributed by atoms with Crippen LogP contribution in [0.3, 0.4) is 0 Å². The Labute approximate surface area is 194 Å². The van der Waals surface area contributed by atoms with Gasteiger partial charge >= 0.3 is 0 Å². The third-order valence-corrected chi connectivity index (χ3v) is 7.12. The molecular formula is C27H30N4O2. The van der Waals surface area contributed by atoms with E-state index in [0.29, 0.717) is 6.54 Å². The largest absolute Gasteiger partial charge is 0.349 e. The Morgan fingerprint density at radius 2 is 1.94 bits per heavy atom. The third-order valence-electron chi connectivity index (χ3n) is 7.12. The summed E-state index contributed by atoms with van der Waals surface area (Å²) in [5.41, 5.74) is 6.68. The number of aryl methyl sites for hydroxylation is 1. The highest BCUT2D eigenvalue weighted by molar-refractivity contribution is 6.01. The lowest BCUT2D eigenvalue weighted by molar-refractivity contribution is -0.127. The van der Waals surface area contributed by atoms with Crippen LogP contribution in [-0.4, -0.2) is 28.1 Å². The van der Waals surface area contributed by atoms with Crippen molar-refractivity contribution in [3.63, 3.8) is 0 Å². The first kappa shape index (κ1) is 21.4. The quantitative estimate of drug-likeness (QED) is 0.647. The van der Waals surface area contributed by atoms with E-state index in [9.17, 15) is 9.59 Å². The van der Waals surface area contributed by atoms with E-state index in [2.05, 4.69) is 27.2 Å². The minimum absolute atomic E-state index is 0.0175. The molecule has 2 atom stereocenters. The van der Waals surface area contributed by atoms with E-state index in [1.165, 1.54) is 11.3 Å². The van der Waals surface area contributed by atoms with Gasteiger partial charge in [0.25, 0.3) is 0 Å². The average molecular weight is 443 g/mol. The summed E-state index contributed by atoms with van der Waals surface area (Å²) >= 11 is 0. The zero-order valence-corrected chi connectivity index (χ0v) is 19.3. The molecule has 2 aromatic carbocycles. The summed E-state index contributed by atoms with van der Waals surface area (Å²) in [6, 6.07) is 16.2. The lowest BCUT2D eigenvalue weighted by Crippen LogP contribution is -2.37. The predicted octanol–water partition coefficient (Wildman–Crippen LogP) is 4.09. The van der Waals surface area contributed by atoms with Gasteiger partial charge in [0.05, 0.1) is 24.7 Å². The van der Waals surface area contributed by atoms with E-state index in [0.717, 1.165) is 48.2 Å². The second kappa shape index (κ2) is 8.85. The molecule has 6 nitrogen and oxygen atoms in total. The van der Waals surface area contributed by atoms with Gasteiger partial charge in [-0.3, -0.25) is 14.3 Å². The van der Waals surface area contributed by atoms with Crippen molar-refractivity contribution >= 4 is 17.5 Å². The SMILES string of the molecule is Cc1cccc(N2CC(C(=O)NC3CCCc4c3cnn4Cc3ccccc3)CC2=O)c1C. The predicted molar refractivity (Wildman–Crippen MR) is 128 cm³/mol. The monoisotopic (exact) mass is 442 g/mol. The minimum Gasteiger partial charge on any atom is -0.349 e. The summed E-state index contributed by atoms with van der Waals surface area (Å²) in [5, 5.41) is 7.87. The van der Waals surface area contributed by atoms with E-state index in [4.69, 9.17) is 0 Å². The first-order valence-electron chi connectivity index (χ1n) is 11.8. The summed E-state index contributed by atoms with van der Waals surface area (Å²) in [7, 11) is 0. The van der Waals surface area contributed by atoms with Crippen LogP contribution >= 0.6 is 0 Å². The van der Waals surface area contributed by atoms with E-state index in [-0.39, 0.29) is 30.2 Å². The van der Waals surface area contributed by atoms with Crippen molar-refractivity contribution < 1.29 is 9.59 Å². The molecule has 0 spiro atoms. The average Bonchev–Trinajstić information content (AvgIpc) is 3.41.